The highest BCUT2D eigenvalue weighted by Gasteiger charge is 2.10. The summed E-state index contributed by atoms with van der Waals surface area (Å²) in [6, 6.07) is 0.140. The van der Waals surface area contributed by atoms with Crippen molar-refractivity contribution >= 4 is 0 Å². The van der Waals surface area contributed by atoms with Crippen molar-refractivity contribution < 1.29 is 5.11 Å². The van der Waals surface area contributed by atoms with E-state index in [4.69, 9.17) is 5.11 Å². The van der Waals surface area contributed by atoms with Crippen LogP contribution in [0.25, 0.3) is 0 Å². The van der Waals surface area contributed by atoms with Gasteiger partial charge in [0.15, 0.2) is 0 Å². The van der Waals surface area contributed by atoms with Crippen LogP contribution in [-0.2, 0) is 13.6 Å². The van der Waals surface area contributed by atoms with Gasteiger partial charge in [-0.05, 0) is 12.3 Å². The summed E-state index contributed by atoms with van der Waals surface area (Å²) in [4.78, 5) is 4.11. The van der Waals surface area contributed by atoms with Gasteiger partial charge in [0.2, 0.25) is 0 Å². The molecule has 0 aliphatic heterocycles. The van der Waals surface area contributed by atoms with Crippen LogP contribution in [0, 0.1) is 5.92 Å². The molecule has 0 fully saturated rings. The molecule has 1 rings (SSSR count). The molecule has 0 spiro atoms. The number of aryl methyl sites for hydroxylation is 1. The molecule has 0 bridgehead atoms. The van der Waals surface area contributed by atoms with Crippen LogP contribution in [0.3, 0.4) is 0 Å². The van der Waals surface area contributed by atoms with E-state index >= 15 is 0 Å². The van der Waals surface area contributed by atoms with Crippen LogP contribution >= 0.6 is 0 Å². The predicted octanol–water partition coefficient (Wildman–Crippen LogP) is 0.312. The number of nitrogens with one attached hydrogen (secondary N) is 1. The molecule has 0 aromatic carbocycles. The van der Waals surface area contributed by atoms with Crippen molar-refractivity contribution in [1.29, 1.82) is 0 Å². The van der Waals surface area contributed by atoms with Crippen molar-refractivity contribution in [2.75, 3.05) is 6.61 Å². The molecule has 1 atom stereocenters. The van der Waals surface area contributed by atoms with Gasteiger partial charge in [0.1, 0.15) is 12.2 Å². The Bertz CT molecular complexity index is 285. The zero-order valence-electron chi connectivity index (χ0n) is 9.64. The van der Waals surface area contributed by atoms with Crippen LogP contribution in [-0.4, -0.2) is 32.5 Å². The number of aliphatic hydroxyl groups excluding tert-OH is 1. The average Bonchev–Trinajstić information content (AvgIpc) is 2.58. The van der Waals surface area contributed by atoms with E-state index in [-0.39, 0.29) is 12.6 Å². The Morgan fingerprint density at radius 2 is 2.27 bits per heavy atom. The molecule has 1 aromatic rings. The van der Waals surface area contributed by atoms with E-state index in [9.17, 15) is 0 Å². The lowest BCUT2D eigenvalue weighted by Crippen LogP contribution is -2.34. The van der Waals surface area contributed by atoms with Crippen molar-refractivity contribution in [2.45, 2.75) is 32.9 Å². The van der Waals surface area contributed by atoms with Crippen LogP contribution in [0.4, 0.5) is 0 Å². The van der Waals surface area contributed by atoms with Crippen molar-refractivity contribution in [3.8, 4) is 0 Å². The number of aliphatic hydroxyl groups is 1. The second-order valence-electron chi connectivity index (χ2n) is 4.19. The van der Waals surface area contributed by atoms with E-state index in [1.165, 1.54) is 6.33 Å². The highest BCUT2D eigenvalue weighted by molar-refractivity contribution is 4.83. The molecule has 1 heterocycles. The molecule has 1 unspecified atom stereocenters. The third kappa shape index (κ3) is 3.97. The first-order valence-corrected chi connectivity index (χ1v) is 5.30. The normalized spacial score (nSPS) is 13.4. The van der Waals surface area contributed by atoms with Gasteiger partial charge in [-0.25, -0.2) is 4.98 Å². The molecule has 0 amide bonds. The van der Waals surface area contributed by atoms with E-state index in [0.717, 1.165) is 12.2 Å². The number of hydrogen-bond acceptors (Lipinski definition) is 4. The molecule has 0 saturated heterocycles. The molecular weight excluding hydrogens is 192 g/mol. The number of rotatable bonds is 6. The Balaban J connectivity index is 2.37. The number of aromatic nitrogens is 3. The molecule has 0 radical (unpaired) electrons. The summed E-state index contributed by atoms with van der Waals surface area (Å²) >= 11 is 0. The maximum absolute atomic E-state index is 9.17. The van der Waals surface area contributed by atoms with Gasteiger partial charge in [0.05, 0.1) is 13.2 Å². The van der Waals surface area contributed by atoms with E-state index in [2.05, 4.69) is 29.2 Å². The summed E-state index contributed by atoms with van der Waals surface area (Å²) in [5, 5.41) is 16.4. The predicted molar refractivity (Wildman–Crippen MR) is 58.2 cm³/mol. The summed E-state index contributed by atoms with van der Waals surface area (Å²) in [7, 11) is 1.86. The van der Waals surface area contributed by atoms with Crippen LogP contribution < -0.4 is 5.32 Å². The van der Waals surface area contributed by atoms with Crippen molar-refractivity contribution in [3.05, 3.63) is 12.2 Å². The smallest absolute Gasteiger partial charge is 0.140 e. The van der Waals surface area contributed by atoms with Crippen molar-refractivity contribution in [1.82, 2.24) is 20.1 Å². The first kappa shape index (κ1) is 12.1. The minimum absolute atomic E-state index is 0.140. The number of hydrogen-bond donors (Lipinski definition) is 2. The standard InChI is InChI=1S/C10H20N4O/c1-8(2)4-9(6-15)11-5-10-12-7-13-14(10)3/h7-9,11,15H,4-6H2,1-3H3. The SMILES string of the molecule is CC(C)CC(CO)NCc1ncnn1C. The molecule has 0 aliphatic rings. The third-order valence-electron chi connectivity index (χ3n) is 2.33. The Morgan fingerprint density at radius 1 is 1.53 bits per heavy atom. The average molecular weight is 212 g/mol. The molecule has 86 valence electrons. The maximum Gasteiger partial charge on any atom is 0.140 e. The zero-order valence-corrected chi connectivity index (χ0v) is 9.64. The Hall–Kier alpha value is -0.940. The Morgan fingerprint density at radius 3 is 2.73 bits per heavy atom. The van der Waals surface area contributed by atoms with Crippen LogP contribution in [0.1, 0.15) is 26.1 Å². The van der Waals surface area contributed by atoms with Gasteiger partial charge in [-0.3, -0.25) is 4.68 Å². The monoisotopic (exact) mass is 212 g/mol. The second kappa shape index (κ2) is 5.82. The summed E-state index contributed by atoms with van der Waals surface area (Å²) in [5.41, 5.74) is 0. The first-order chi connectivity index (χ1) is 7.13. The van der Waals surface area contributed by atoms with Gasteiger partial charge in [-0.1, -0.05) is 13.8 Å². The lowest BCUT2D eigenvalue weighted by atomic mass is 10.0. The summed E-state index contributed by atoms with van der Waals surface area (Å²) in [6.45, 7) is 5.10. The lowest BCUT2D eigenvalue weighted by Gasteiger charge is -2.17. The molecule has 5 nitrogen and oxygen atoms in total. The molecular formula is C10H20N4O. The van der Waals surface area contributed by atoms with Gasteiger partial charge in [0, 0.05) is 13.1 Å². The largest absolute Gasteiger partial charge is 0.395 e. The summed E-state index contributed by atoms with van der Waals surface area (Å²) in [5.74, 6) is 1.46. The zero-order chi connectivity index (χ0) is 11.3. The highest BCUT2D eigenvalue weighted by atomic mass is 16.3. The fraction of sp³-hybridized carbons (Fsp3) is 0.800. The van der Waals surface area contributed by atoms with Crippen LogP contribution in [0.2, 0.25) is 0 Å². The molecule has 0 saturated carbocycles. The topological polar surface area (TPSA) is 63.0 Å². The van der Waals surface area contributed by atoms with Crippen molar-refractivity contribution in [2.24, 2.45) is 13.0 Å². The van der Waals surface area contributed by atoms with Gasteiger partial charge in [-0.2, -0.15) is 5.10 Å². The Kier molecular flexibility index (Phi) is 4.71. The first-order valence-electron chi connectivity index (χ1n) is 5.30. The molecule has 2 N–H and O–H groups in total. The van der Waals surface area contributed by atoms with E-state index in [1.807, 2.05) is 7.05 Å². The summed E-state index contributed by atoms with van der Waals surface area (Å²) in [6.07, 6.45) is 2.50. The van der Waals surface area contributed by atoms with Gasteiger partial charge in [-0.15, -0.1) is 0 Å². The van der Waals surface area contributed by atoms with E-state index in [1.54, 1.807) is 4.68 Å². The van der Waals surface area contributed by atoms with Crippen LogP contribution in [0.15, 0.2) is 6.33 Å². The van der Waals surface area contributed by atoms with E-state index < -0.39 is 0 Å². The minimum atomic E-state index is 0.140. The molecule has 0 aliphatic carbocycles. The lowest BCUT2D eigenvalue weighted by molar-refractivity contribution is 0.222. The van der Waals surface area contributed by atoms with Crippen molar-refractivity contribution in [3.63, 3.8) is 0 Å². The third-order valence-corrected chi connectivity index (χ3v) is 2.33. The second-order valence-corrected chi connectivity index (χ2v) is 4.19. The molecule has 5 heteroatoms. The Labute approximate surface area is 90.5 Å². The fourth-order valence-electron chi connectivity index (χ4n) is 1.51. The quantitative estimate of drug-likeness (QED) is 0.712. The molecule has 1 aromatic heterocycles. The number of nitrogens with zero attached hydrogens (tertiary/aromatic N) is 3. The van der Waals surface area contributed by atoms with Gasteiger partial charge in [0.25, 0.3) is 0 Å². The molecule has 15 heavy (non-hydrogen) atoms. The van der Waals surface area contributed by atoms with Crippen LogP contribution in [0.5, 0.6) is 0 Å². The fourth-order valence-corrected chi connectivity index (χ4v) is 1.51. The minimum Gasteiger partial charge on any atom is -0.395 e. The van der Waals surface area contributed by atoms with Gasteiger partial charge >= 0.3 is 0 Å². The highest BCUT2D eigenvalue weighted by Crippen LogP contribution is 2.04. The van der Waals surface area contributed by atoms with Gasteiger partial charge < -0.3 is 10.4 Å². The van der Waals surface area contributed by atoms with E-state index in [0.29, 0.717) is 12.5 Å². The summed E-state index contributed by atoms with van der Waals surface area (Å²) < 4.78 is 1.73. The maximum atomic E-state index is 9.17.